The molecule has 1 unspecified atom stereocenters. The second-order valence-electron chi connectivity index (χ2n) is 5.86. The molecule has 0 fully saturated rings. The molecule has 5 nitrogen and oxygen atoms in total. The fourth-order valence-electron chi connectivity index (χ4n) is 3.01. The lowest BCUT2D eigenvalue weighted by Crippen LogP contribution is -2.38. The summed E-state index contributed by atoms with van der Waals surface area (Å²) >= 11 is 1.74. The van der Waals surface area contributed by atoms with E-state index in [1.54, 1.807) is 11.3 Å². The summed E-state index contributed by atoms with van der Waals surface area (Å²) < 4.78 is 12.0. The highest BCUT2D eigenvalue weighted by Crippen LogP contribution is 2.44. The molecule has 1 amide bonds. The van der Waals surface area contributed by atoms with Crippen LogP contribution in [0.4, 0.5) is 5.69 Å². The van der Waals surface area contributed by atoms with Gasteiger partial charge in [0, 0.05) is 23.5 Å². The van der Waals surface area contributed by atoms with Gasteiger partial charge < -0.3 is 20.1 Å². The molecule has 2 aliphatic rings. The van der Waals surface area contributed by atoms with Crippen LogP contribution in [-0.2, 0) is 17.8 Å². The molecule has 2 N–H and O–H groups in total. The zero-order chi connectivity index (χ0) is 15.8. The monoisotopic (exact) mass is 330 g/mol. The molecule has 2 aliphatic heterocycles. The molecule has 0 radical (unpaired) electrons. The van der Waals surface area contributed by atoms with Crippen LogP contribution in [0.5, 0.6) is 11.5 Å². The molecule has 1 atom stereocenters. The summed E-state index contributed by atoms with van der Waals surface area (Å²) in [4.78, 5) is 13.0. The standard InChI is InChI=1S/C17H18N2O3S/c1-10-5-14-17(13-6-15(20)19-16(10)13)22-11(9-21-14)7-18-8-12-3-2-4-23-12/h2-5,11,18H,6-9H2,1H3,(H,19,20). The number of nitrogens with one attached hydrogen (secondary N) is 2. The number of hydrogen-bond donors (Lipinski definition) is 2. The number of ether oxygens (including phenoxy) is 2. The van der Waals surface area contributed by atoms with Crippen molar-refractivity contribution in [3.05, 3.63) is 39.6 Å². The van der Waals surface area contributed by atoms with Crippen LogP contribution in [-0.4, -0.2) is 25.2 Å². The van der Waals surface area contributed by atoms with Gasteiger partial charge in [0.05, 0.1) is 12.1 Å². The highest BCUT2D eigenvalue weighted by atomic mass is 32.1. The Bertz CT molecular complexity index is 743. The number of amides is 1. The third kappa shape index (κ3) is 2.80. The predicted molar refractivity (Wildman–Crippen MR) is 89.4 cm³/mol. The Hall–Kier alpha value is -2.05. The summed E-state index contributed by atoms with van der Waals surface area (Å²) in [6.07, 6.45) is 0.308. The van der Waals surface area contributed by atoms with Gasteiger partial charge in [-0.05, 0) is 30.0 Å². The van der Waals surface area contributed by atoms with Gasteiger partial charge in [0.25, 0.3) is 0 Å². The average Bonchev–Trinajstić information content (AvgIpc) is 3.17. The van der Waals surface area contributed by atoms with E-state index in [9.17, 15) is 4.79 Å². The Kier molecular flexibility index (Phi) is 3.71. The maximum atomic E-state index is 11.7. The van der Waals surface area contributed by atoms with Gasteiger partial charge in [-0.2, -0.15) is 0 Å². The van der Waals surface area contributed by atoms with E-state index < -0.39 is 0 Å². The minimum absolute atomic E-state index is 0.0121. The second kappa shape index (κ2) is 5.86. The number of rotatable bonds is 4. The molecule has 6 heteroatoms. The lowest BCUT2D eigenvalue weighted by molar-refractivity contribution is -0.115. The SMILES string of the molecule is Cc1cc2c(c3c1NC(=O)C3)OC(CNCc1cccs1)CO2. The van der Waals surface area contributed by atoms with Crippen molar-refractivity contribution in [1.29, 1.82) is 0 Å². The topological polar surface area (TPSA) is 59.6 Å². The van der Waals surface area contributed by atoms with Crippen LogP contribution in [0, 0.1) is 6.92 Å². The van der Waals surface area contributed by atoms with Crippen LogP contribution in [0.2, 0.25) is 0 Å². The molecule has 0 saturated heterocycles. The zero-order valence-electron chi connectivity index (χ0n) is 12.8. The van der Waals surface area contributed by atoms with Crippen molar-refractivity contribution in [2.45, 2.75) is 26.0 Å². The van der Waals surface area contributed by atoms with Crippen molar-refractivity contribution in [3.63, 3.8) is 0 Å². The largest absolute Gasteiger partial charge is 0.486 e. The summed E-state index contributed by atoms with van der Waals surface area (Å²) in [5.74, 6) is 1.48. The van der Waals surface area contributed by atoms with E-state index in [0.29, 0.717) is 19.6 Å². The van der Waals surface area contributed by atoms with Gasteiger partial charge in [0.2, 0.25) is 5.91 Å². The first-order chi connectivity index (χ1) is 11.2. The van der Waals surface area contributed by atoms with Gasteiger partial charge in [-0.3, -0.25) is 4.79 Å². The summed E-state index contributed by atoms with van der Waals surface area (Å²) in [6.45, 7) is 4.03. The van der Waals surface area contributed by atoms with Crippen molar-refractivity contribution >= 4 is 22.9 Å². The van der Waals surface area contributed by atoms with Crippen LogP contribution >= 0.6 is 11.3 Å². The van der Waals surface area contributed by atoms with Crippen molar-refractivity contribution in [3.8, 4) is 11.5 Å². The van der Waals surface area contributed by atoms with Crippen LogP contribution < -0.4 is 20.1 Å². The van der Waals surface area contributed by atoms with E-state index in [0.717, 1.165) is 34.9 Å². The average molecular weight is 330 g/mol. The summed E-state index contributed by atoms with van der Waals surface area (Å²) in [5.41, 5.74) is 2.82. The summed E-state index contributed by atoms with van der Waals surface area (Å²) in [6, 6.07) is 6.10. The molecule has 23 heavy (non-hydrogen) atoms. The number of aryl methyl sites for hydroxylation is 1. The van der Waals surface area contributed by atoms with Crippen LogP contribution in [0.1, 0.15) is 16.0 Å². The van der Waals surface area contributed by atoms with Crippen LogP contribution in [0.3, 0.4) is 0 Å². The molecule has 4 rings (SSSR count). The van der Waals surface area contributed by atoms with Crippen LogP contribution in [0.15, 0.2) is 23.6 Å². The molecule has 0 aliphatic carbocycles. The Morgan fingerprint density at radius 1 is 1.48 bits per heavy atom. The molecule has 120 valence electrons. The van der Waals surface area contributed by atoms with E-state index >= 15 is 0 Å². The van der Waals surface area contributed by atoms with Crippen LogP contribution in [0.25, 0.3) is 0 Å². The summed E-state index contributed by atoms with van der Waals surface area (Å²) in [5, 5.41) is 8.38. The molecular formula is C17H18N2O3S. The van der Waals surface area contributed by atoms with E-state index in [1.807, 2.05) is 19.1 Å². The lowest BCUT2D eigenvalue weighted by atomic mass is 10.1. The maximum absolute atomic E-state index is 11.7. The highest BCUT2D eigenvalue weighted by molar-refractivity contribution is 7.09. The van der Waals surface area contributed by atoms with Crippen molar-refractivity contribution in [2.75, 3.05) is 18.5 Å². The first kappa shape index (κ1) is 14.5. The third-order valence-electron chi connectivity index (χ3n) is 4.10. The first-order valence-electron chi connectivity index (χ1n) is 7.69. The Labute approximate surface area is 138 Å². The van der Waals surface area contributed by atoms with Gasteiger partial charge in [-0.15, -0.1) is 11.3 Å². The molecule has 1 aromatic heterocycles. The number of carbonyl (C=O) groups is 1. The molecule has 0 spiro atoms. The van der Waals surface area contributed by atoms with Gasteiger partial charge in [-0.1, -0.05) is 6.07 Å². The van der Waals surface area contributed by atoms with Gasteiger partial charge in [-0.25, -0.2) is 0 Å². The van der Waals surface area contributed by atoms with E-state index in [-0.39, 0.29) is 12.0 Å². The minimum Gasteiger partial charge on any atom is -0.486 e. The number of thiophene rings is 1. The number of hydrogen-bond acceptors (Lipinski definition) is 5. The number of benzene rings is 1. The van der Waals surface area contributed by atoms with Crippen molar-refractivity contribution in [1.82, 2.24) is 5.32 Å². The quantitative estimate of drug-likeness (QED) is 0.904. The van der Waals surface area contributed by atoms with Gasteiger partial charge >= 0.3 is 0 Å². The fourth-order valence-corrected chi connectivity index (χ4v) is 3.69. The first-order valence-corrected chi connectivity index (χ1v) is 8.57. The fraction of sp³-hybridized carbons (Fsp3) is 0.353. The van der Waals surface area contributed by atoms with E-state index in [2.05, 4.69) is 22.1 Å². The van der Waals surface area contributed by atoms with Gasteiger partial charge in [0.1, 0.15) is 12.7 Å². The predicted octanol–water partition coefficient (Wildman–Crippen LogP) is 2.48. The Morgan fingerprint density at radius 2 is 2.39 bits per heavy atom. The van der Waals surface area contributed by atoms with Crippen molar-refractivity contribution < 1.29 is 14.3 Å². The molecular weight excluding hydrogens is 312 g/mol. The minimum atomic E-state index is -0.0510. The molecule has 0 bridgehead atoms. The maximum Gasteiger partial charge on any atom is 0.229 e. The zero-order valence-corrected chi connectivity index (χ0v) is 13.7. The molecule has 1 aromatic carbocycles. The van der Waals surface area contributed by atoms with E-state index in [1.165, 1.54) is 4.88 Å². The van der Waals surface area contributed by atoms with Gasteiger partial charge in [0.15, 0.2) is 11.5 Å². The lowest BCUT2D eigenvalue weighted by Gasteiger charge is -2.28. The summed E-state index contributed by atoms with van der Waals surface area (Å²) in [7, 11) is 0. The third-order valence-corrected chi connectivity index (χ3v) is 4.98. The Balaban J connectivity index is 1.46. The number of anilines is 1. The van der Waals surface area contributed by atoms with Crippen molar-refractivity contribution in [2.24, 2.45) is 0 Å². The van der Waals surface area contributed by atoms with E-state index in [4.69, 9.17) is 9.47 Å². The second-order valence-corrected chi connectivity index (χ2v) is 6.89. The molecule has 0 saturated carbocycles. The highest BCUT2D eigenvalue weighted by Gasteiger charge is 2.31. The Morgan fingerprint density at radius 3 is 3.22 bits per heavy atom. The number of fused-ring (bicyclic) bond motifs is 3. The molecule has 3 heterocycles. The molecule has 2 aromatic rings. The normalized spacial score (nSPS) is 18.7. The smallest absolute Gasteiger partial charge is 0.229 e. The number of carbonyl (C=O) groups excluding carboxylic acids is 1.